The Morgan fingerprint density at radius 3 is 2.94 bits per heavy atom. The van der Waals surface area contributed by atoms with Crippen molar-refractivity contribution in [3.8, 4) is 6.07 Å². The zero-order chi connectivity index (χ0) is 13.7. The lowest BCUT2D eigenvalue weighted by Crippen LogP contribution is -2.26. The van der Waals surface area contributed by atoms with Crippen molar-refractivity contribution in [3.05, 3.63) is 17.8 Å². The van der Waals surface area contributed by atoms with Crippen LogP contribution in [0.5, 0.6) is 0 Å². The van der Waals surface area contributed by atoms with Crippen LogP contribution in [0.25, 0.3) is 0 Å². The van der Waals surface area contributed by atoms with E-state index in [2.05, 4.69) is 15.8 Å². The van der Waals surface area contributed by atoms with Gasteiger partial charge in [0, 0.05) is 13.6 Å². The summed E-state index contributed by atoms with van der Waals surface area (Å²) in [6, 6.07) is 3.64. The molecule has 6 heteroatoms. The Labute approximate surface area is 106 Å². The Bertz CT molecular complexity index is 481. The second kappa shape index (κ2) is 5.87. The number of hydrogen-bond acceptors (Lipinski definition) is 6. The van der Waals surface area contributed by atoms with Gasteiger partial charge in [0.1, 0.15) is 11.4 Å². The maximum absolute atomic E-state index is 11.6. The van der Waals surface area contributed by atoms with E-state index in [1.807, 2.05) is 0 Å². The molecule has 0 aliphatic carbocycles. The number of ether oxygens (including phenoxy) is 1. The van der Waals surface area contributed by atoms with Crippen molar-refractivity contribution in [3.63, 3.8) is 0 Å². The second-order valence-corrected chi connectivity index (χ2v) is 4.04. The molecular formula is C12H16N4O2. The Kier molecular flexibility index (Phi) is 4.49. The van der Waals surface area contributed by atoms with Crippen LogP contribution in [0.2, 0.25) is 0 Å². The minimum atomic E-state index is -0.499. The van der Waals surface area contributed by atoms with Crippen molar-refractivity contribution in [2.45, 2.75) is 6.92 Å². The van der Waals surface area contributed by atoms with E-state index in [0.29, 0.717) is 23.6 Å². The van der Waals surface area contributed by atoms with Crippen LogP contribution in [0.1, 0.15) is 17.3 Å². The number of hydrogen-bond donors (Lipinski definition) is 1. The van der Waals surface area contributed by atoms with E-state index in [-0.39, 0.29) is 5.92 Å². The van der Waals surface area contributed by atoms with Gasteiger partial charge in [0.05, 0.1) is 31.0 Å². The van der Waals surface area contributed by atoms with E-state index >= 15 is 0 Å². The molecule has 1 rings (SSSR count). The Morgan fingerprint density at radius 2 is 2.39 bits per heavy atom. The molecule has 0 amide bonds. The summed E-state index contributed by atoms with van der Waals surface area (Å²) in [6.07, 6.45) is 1.47. The molecular weight excluding hydrogens is 232 g/mol. The number of carbonyl (C=O) groups is 1. The molecule has 0 fully saturated rings. The maximum atomic E-state index is 11.6. The predicted molar refractivity (Wildman–Crippen MR) is 68.0 cm³/mol. The van der Waals surface area contributed by atoms with E-state index < -0.39 is 5.97 Å². The summed E-state index contributed by atoms with van der Waals surface area (Å²) in [7, 11) is 3.06. The van der Waals surface area contributed by atoms with Gasteiger partial charge in [-0.25, -0.2) is 9.78 Å². The number of nitrogens with zero attached hydrogens (tertiary/aromatic N) is 3. The fraction of sp³-hybridized carbons (Fsp3) is 0.417. The number of esters is 1. The fourth-order valence-corrected chi connectivity index (χ4v) is 1.58. The molecule has 0 spiro atoms. The second-order valence-electron chi connectivity index (χ2n) is 4.04. The van der Waals surface area contributed by atoms with Gasteiger partial charge in [-0.05, 0) is 13.0 Å². The molecule has 0 saturated carbocycles. The monoisotopic (exact) mass is 248 g/mol. The summed E-state index contributed by atoms with van der Waals surface area (Å²) >= 11 is 0. The Morgan fingerprint density at radius 1 is 1.72 bits per heavy atom. The van der Waals surface area contributed by atoms with E-state index in [1.165, 1.54) is 19.4 Å². The molecule has 18 heavy (non-hydrogen) atoms. The molecule has 0 bridgehead atoms. The van der Waals surface area contributed by atoms with Gasteiger partial charge in [0.25, 0.3) is 0 Å². The summed E-state index contributed by atoms with van der Waals surface area (Å²) in [4.78, 5) is 17.5. The number of anilines is 2. The standard InChI is InChI=1S/C12H16N4O2/c1-8(5-13)7-16(2)11-10(12(17)18-3)4-9(14)6-15-11/h4,6,8H,7,14H2,1-3H3. The third-order valence-corrected chi connectivity index (χ3v) is 2.42. The number of carbonyl (C=O) groups excluding carboxylic acids is 1. The summed E-state index contributed by atoms with van der Waals surface area (Å²) < 4.78 is 4.69. The molecule has 0 aliphatic rings. The highest BCUT2D eigenvalue weighted by Gasteiger charge is 2.18. The first-order chi connectivity index (χ1) is 8.49. The maximum Gasteiger partial charge on any atom is 0.341 e. The minimum absolute atomic E-state index is 0.167. The van der Waals surface area contributed by atoms with Gasteiger partial charge in [-0.2, -0.15) is 5.26 Å². The molecule has 96 valence electrons. The van der Waals surface area contributed by atoms with Crippen LogP contribution in [0, 0.1) is 17.2 Å². The number of methoxy groups -OCH3 is 1. The first kappa shape index (κ1) is 13.8. The third-order valence-electron chi connectivity index (χ3n) is 2.42. The molecule has 1 atom stereocenters. The zero-order valence-corrected chi connectivity index (χ0v) is 10.7. The van der Waals surface area contributed by atoms with Crippen LogP contribution < -0.4 is 10.6 Å². The van der Waals surface area contributed by atoms with E-state index in [1.54, 1.807) is 18.9 Å². The lowest BCUT2D eigenvalue weighted by molar-refractivity contribution is 0.0601. The largest absolute Gasteiger partial charge is 0.465 e. The normalized spacial score (nSPS) is 11.4. The van der Waals surface area contributed by atoms with E-state index in [0.717, 1.165) is 0 Å². The quantitative estimate of drug-likeness (QED) is 0.800. The van der Waals surface area contributed by atoms with Crippen molar-refractivity contribution in [1.82, 2.24) is 4.98 Å². The highest BCUT2D eigenvalue weighted by molar-refractivity contribution is 5.95. The average Bonchev–Trinajstić information content (AvgIpc) is 2.37. The van der Waals surface area contributed by atoms with Gasteiger partial charge in [0.15, 0.2) is 0 Å². The molecule has 1 unspecified atom stereocenters. The highest BCUT2D eigenvalue weighted by Crippen LogP contribution is 2.20. The molecule has 0 aliphatic heterocycles. The molecule has 1 aromatic heterocycles. The molecule has 1 aromatic rings. The summed E-state index contributed by atoms with van der Waals surface area (Å²) in [6.45, 7) is 2.27. The number of nitrogens with two attached hydrogens (primary N) is 1. The number of nitrogen functional groups attached to an aromatic ring is 1. The highest BCUT2D eigenvalue weighted by atomic mass is 16.5. The first-order valence-corrected chi connectivity index (χ1v) is 5.44. The topological polar surface area (TPSA) is 92.2 Å². The number of nitriles is 1. The van der Waals surface area contributed by atoms with Gasteiger partial charge < -0.3 is 15.4 Å². The van der Waals surface area contributed by atoms with Crippen molar-refractivity contribution in [1.29, 1.82) is 5.26 Å². The average molecular weight is 248 g/mol. The molecule has 1 heterocycles. The molecule has 0 radical (unpaired) electrons. The Hall–Kier alpha value is -2.29. The van der Waals surface area contributed by atoms with Crippen molar-refractivity contribution < 1.29 is 9.53 Å². The first-order valence-electron chi connectivity index (χ1n) is 5.44. The summed E-state index contributed by atoms with van der Waals surface area (Å²) in [5, 5.41) is 8.79. The van der Waals surface area contributed by atoms with Gasteiger partial charge in [0.2, 0.25) is 0 Å². The smallest absolute Gasteiger partial charge is 0.341 e. The van der Waals surface area contributed by atoms with Gasteiger partial charge in [-0.1, -0.05) is 0 Å². The molecule has 6 nitrogen and oxygen atoms in total. The zero-order valence-electron chi connectivity index (χ0n) is 10.7. The summed E-state index contributed by atoms with van der Waals surface area (Å²) in [5.74, 6) is -0.209. The van der Waals surface area contributed by atoms with Gasteiger partial charge >= 0.3 is 5.97 Å². The van der Waals surface area contributed by atoms with Gasteiger partial charge in [-0.3, -0.25) is 0 Å². The van der Waals surface area contributed by atoms with Crippen molar-refractivity contribution >= 4 is 17.5 Å². The van der Waals surface area contributed by atoms with Crippen molar-refractivity contribution in [2.75, 3.05) is 31.3 Å². The molecule has 0 saturated heterocycles. The van der Waals surface area contributed by atoms with Crippen LogP contribution in [-0.4, -0.2) is 31.7 Å². The third kappa shape index (κ3) is 3.10. The SMILES string of the molecule is COC(=O)c1cc(N)cnc1N(C)CC(C)C#N. The summed E-state index contributed by atoms with van der Waals surface area (Å²) in [5.41, 5.74) is 6.29. The number of aromatic nitrogens is 1. The van der Waals surface area contributed by atoms with E-state index in [9.17, 15) is 4.79 Å². The predicted octanol–water partition coefficient (Wildman–Crippen LogP) is 1.05. The number of pyridine rings is 1. The molecule has 0 aromatic carbocycles. The number of rotatable bonds is 4. The van der Waals surface area contributed by atoms with E-state index in [4.69, 9.17) is 11.0 Å². The fourth-order valence-electron chi connectivity index (χ4n) is 1.58. The Balaban J connectivity index is 3.08. The van der Waals surface area contributed by atoms with Crippen LogP contribution in [0.15, 0.2) is 12.3 Å². The van der Waals surface area contributed by atoms with Crippen molar-refractivity contribution in [2.24, 2.45) is 5.92 Å². The van der Waals surface area contributed by atoms with Crippen LogP contribution >= 0.6 is 0 Å². The van der Waals surface area contributed by atoms with Crippen LogP contribution in [0.3, 0.4) is 0 Å². The van der Waals surface area contributed by atoms with Gasteiger partial charge in [-0.15, -0.1) is 0 Å². The van der Waals surface area contributed by atoms with Crippen LogP contribution in [-0.2, 0) is 4.74 Å². The lowest BCUT2D eigenvalue weighted by Gasteiger charge is -2.21. The van der Waals surface area contributed by atoms with Crippen LogP contribution in [0.4, 0.5) is 11.5 Å². The lowest BCUT2D eigenvalue weighted by atomic mass is 10.1. The minimum Gasteiger partial charge on any atom is -0.465 e. The molecule has 2 N–H and O–H groups in total.